The Labute approximate surface area is 126 Å². The van der Waals surface area contributed by atoms with E-state index in [9.17, 15) is 9.90 Å². The lowest BCUT2D eigenvalue weighted by Gasteiger charge is -2.34. The van der Waals surface area contributed by atoms with Crippen molar-refractivity contribution in [3.8, 4) is 5.75 Å². The summed E-state index contributed by atoms with van der Waals surface area (Å²) >= 11 is 0. The van der Waals surface area contributed by atoms with Gasteiger partial charge in [-0.1, -0.05) is 0 Å². The minimum absolute atomic E-state index is 0.251. The van der Waals surface area contributed by atoms with Crippen LogP contribution in [0.15, 0.2) is 18.2 Å². The molecule has 0 saturated carbocycles. The number of nitrogens with zero attached hydrogens (tertiary/aromatic N) is 1. The van der Waals surface area contributed by atoms with Gasteiger partial charge >= 0.3 is 0 Å². The van der Waals surface area contributed by atoms with Crippen molar-refractivity contribution < 1.29 is 24.6 Å². The summed E-state index contributed by atoms with van der Waals surface area (Å²) in [4.78, 5) is 10.2. The number of quaternary nitrogens is 1. The molecule has 0 spiro atoms. The lowest BCUT2D eigenvalue weighted by Crippen LogP contribution is -2.49. The van der Waals surface area contributed by atoms with Crippen LogP contribution in [-0.4, -0.2) is 53.5 Å². The molecule has 1 aromatic carbocycles. The number of hydrogen-bond donors (Lipinski definition) is 3. The van der Waals surface area contributed by atoms with Gasteiger partial charge in [0, 0.05) is 17.3 Å². The normalized spacial score (nSPS) is 10.7. The Morgan fingerprint density at radius 2 is 1.76 bits per heavy atom. The van der Waals surface area contributed by atoms with E-state index in [1.54, 1.807) is 0 Å². The summed E-state index contributed by atoms with van der Waals surface area (Å²) < 4.78 is 1.05. The van der Waals surface area contributed by atoms with Crippen LogP contribution in [-0.2, 0) is 0 Å². The second kappa shape index (κ2) is 9.20. The van der Waals surface area contributed by atoms with Crippen molar-refractivity contribution in [2.24, 2.45) is 0 Å². The SMILES string of the molecule is CC[N+](CC)(CC)CCO.Nc1ccc(C(=O)[O-])c(O)c1. The number of carboxylic acid groups (broad SMARTS) is 1. The first-order chi connectivity index (χ1) is 9.85. The Balaban J connectivity index is 0.000000384. The number of aromatic carboxylic acids is 1. The van der Waals surface area contributed by atoms with Gasteiger partial charge in [-0.2, -0.15) is 0 Å². The number of hydrogen-bond acceptors (Lipinski definition) is 5. The molecule has 0 fully saturated rings. The minimum Gasteiger partial charge on any atom is -0.545 e. The number of carbonyl (C=O) groups excluding carboxylic acids is 1. The maximum absolute atomic E-state index is 10.2. The fourth-order valence-electron chi connectivity index (χ4n) is 2.08. The fourth-order valence-corrected chi connectivity index (χ4v) is 2.08. The first-order valence-corrected chi connectivity index (χ1v) is 7.11. The molecule has 1 rings (SSSR count). The summed E-state index contributed by atoms with van der Waals surface area (Å²) in [6, 6.07) is 3.73. The van der Waals surface area contributed by atoms with E-state index in [2.05, 4.69) is 20.8 Å². The Bertz CT molecular complexity index is 437. The smallest absolute Gasteiger partial charge is 0.126 e. The van der Waals surface area contributed by atoms with E-state index in [0.717, 1.165) is 36.7 Å². The maximum atomic E-state index is 10.2. The van der Waals surface area contributed by atoms with E-state index in [-0.39, 0.29) is 11.3 Å². The van der Waals surface area contributed by atoms with Gasteiger partial charge in [0.1, 0.15) is 12.3 Å². The number of benzene rings is 1. The van der Waals surface area contributed by atoms with E-state index in [1.807, 2.05) is 0 Å². The van der Waals surface area contributed by atoms with E-state index in [1.165, 1.54) is 12.1 Å². The Morgan fingerprint density at radius 1 is 1.24 bits per heavy atom. The first kappa shape index (κ1) is 19.2. The van der Waals surface area contributed by atoms with Crippen LogP contribution in [0.2, 0.25) is 0 Å². The summed E-state index contributed by atoms with van der Waals surface area (Å²) in [5, 5.41) is 28.0. The standard InChI is InChI=1S/C8H20NO.C7H7NO3/c1-4-9(5-2,6-3)7-8-10;8-4-1-2-5(7(10)11)6(9)3-4/h10H,4-8H2,1-3H3;1-3,9H,8H2,(H,10,11)/q+1;/p-1. The number of nitrogens with two attached hydrogens (primary N) is 1. The van der Waals surface area contributed by atoms with Gasteiger partial charge in [0.05, 0.1) is 32.2 Å². The average molecular weight is 298 g/mol. The highest BCUT2D eigenvalue weighted by Crippen LogP contribution is 2.18. The molecule has 0 radical (unpaired) electrons. The molecular weight excluding hydrogens is 272 g/mol. The van der Waals surface area contributed by atoms with Crippen LogP contribution in [0.25, 0.3) is 0 Å². The second-order valence-corrected chi connectivity index (χ2v) is 4.80. The van der Waals surface area contributed by atoms with Crippen LogP contribution < -0.4 is 10.8 Å². The Kier molecular flexibility index (Phi) is 8.42. The molecule has 0 aliphatic carbocycles. The number of likely N-dealkylation sites (N-methyl/N-ethyl adjacent to an activating group) is 1. The van der Waals surface area contributed by atoms with E-state index >= 15 is 0 Å². The zero-order valence-corrected chi connectivity index (χ0v) is 13.0. The molecule has 0 amide bonds. The highest BCUT2D eigenvalue weighted by Gasteiger charge is 2.18. The van der Waals surface area contributed by atoms with Gasteiger partial charge in [-0.15, -0.1) is 0 Å². The molecule has 0 bridgehead atoms. The van der Waals surface area contributed by atoms with Crippen molar-refractivity contribution in [2.75, 3.05) is 38.5 Å². The Hall–Kier alpha value is -1.79. The number of rotatable bonds is 6. The monoisotopic (exact) mass is 298 g/mol. The lowest BCUT2D eigenvalue weighted by atomic mass is 10.2. The molecule has 1 aromatic rings. The molecule has 6 heteroatoms. The molecule has 0 aliphatic rings. The van der Waals surface area contributed by atoms with Gasteiger partial charge in [0.15, 0.2) is 0 Å². The molecule has 0 aliphatic heterocycles. The van der Waals surface area contributed by atoms with Crippen molar-refractivity contribution in [3.63, 3.8) is 0 Å². The largest absolute Gasteiger partial charge is 0.545 e. The third-order valence-electron chi connectivity index (χ3n) is 3.83. The lowest BCUT2D eigenvalue weighted by molar-refractivity contribution is -0.923. The van der Waals surface area contributed by atoms with Crippen LogP contribution >= 0.6 is 0 Å². The summed E-state index contributed by atoms with van der Waals surface area (Å²) in [7, 11) is 0. The molecular formula is C15H26N2O4. The van der Waals surface area contributed by atoms with E-state index in [0.29, 0.717) is 12.3 Å². The molecule has 0 atom stereocenters. The summed E-state index contributed by atoms with van der Waals surface area (Å²) in [5.74, 6) is -1.78. The predicted octanol–water partition coefficient (Wildman–Crippen LogP) is 0.193. The van der Waals surface area contributed by atoms with Crippen molar-refractivity contribution in [3.05, 3.63) is 23.8 Å². The second-order valence-electron chi connectivity index (χ2n) is 4.80. The third-order valence-corrected chi connectivity index (χ3v) is 3.83. The Morgan fingerprint density at radius 3 is 2.05 bits per heavy atom. The molecule has 0 unspecified atom stereocenters. The number of carboxylic acids is 1. The predicted molar refractivity (Wildman–Crippen MR) is 80.7 cm³/mol. The molecule has 120 valence electrons. The number of aliphatic hydroxyl groups excluding tert-OH is 1. The zero-order chi connectivity index (χ0) is 16.5. The molecule has 0 saturated heterocycles. The number of nitrogen functional groups attached to an aromatic ring is 1. The van der Waals surface area contributed by atoms with Crippen LogP contribution in [0.3, 0.4) is 0 Å². The molecule has 6 nitrogen and oxygen atoms in total. The number of phenols is 1. The highest BCUT2D eigenvalue weighted by molar-refractivity contribution is 5.89. The number of aliphatic hydroxyl groups is 1. The average Bonchev–Trinajstić information content (AvgIpc) is 2.45. The summed E-state index contributed by atoms with van der Waals surface area (Å²) in [6.45, 7) is 11.2. The maximum Gasteiger partial charge on any atom is 0.126 e. The number of aromatic hydroxyl groups is 1. The summed E-state index contributed by atoms with van der Waals surface area (Å²) in [5.41, 5.74) is 5.32. The van der Waals surface area contributed by atoms with Crippen molar-refractivity contribution >= 4 is 11.7 Å². The van der Waals surface area contributed by atoms with Gasteiger partial charge in [0.2, 0.25) is 0 Å². The minimum atomic E-state index is -1.41. The first-order valence-electron chi connectivity index (χ1n) is 7.11. The molecule has 4 N–H and O–H groups in total. The summed E-state index contributed by atoms with van der Waals surface area (Å²) in [6.07, 6.45) is 0. The topological polar surface area (TPSA) is 107 Å². The number of carbonyl (C=O) groups is 1. The van der Waals surface area contributed by atoms with Crippen LogP contribution in [0.5, 0.6) is 5.75 Å². The van der Waals surface area contributed by atoms with Crippen molar-refractivity contribution in [2.45, 2.75) is 20.8 Å². The van der Waals surface area contributed by atoms with Gasteiger partial charge < -0.3 is 30.3 Å². The van der Waals surface area contributed by atoms with Crippen molar-refractivity contribution in [1.29, 1.82) is 0 Å². The van der Waals surface area contributed by atoms with Crippen LogP contribution in [0.1, 0.15) is 31.1 Å². The molecule has 21 heavy (non-hydrogen) atoms. The number of anilines is 1. The molecule has 0 aromatic heterocycles. The van der Waals surface area contributed by atoms with Gasteiger partial charge in [-0.05, 0) is 32.9 Å². The molecule has 0 heterocycles. The van der Waals surface area contributed by atoms with Gasteiger partial charge in [-0.25, -0.2) is 0 Å². The van der Waals surface area contributed by atoms with Crippen molar-refractivity contribution in [1.82, 2.24) is 0 Å². The van der Waals surface area contributed by atoms with Gasteiger partial charge in [-0.3, -0.25) is 0 Å². The zero-order valence-electron chi connectivity index (χ0n) is 13.0. The quantitative estimate of drug-likeness (QED) is 0.513. The van der Waals surface area contributed by atoms with E-state index in [4.69, 9.17) is 15.9 Å². The third kappa shape index (κ3) is 6.01. The van der Waals surface area contributed by atoms with E-state index < -0.39 is 5.97 Å². The highest BCUT2D eigenvalue weighted by atomic mass is 16.4. The van der Waals surface area contributed by atoms with Crippen LogP contribution in [0, 0.1) is 0 Å². The van der Waals surface area contributed by atoms with Gasteiger partial charge in [0.25, 0.3) is 0 Å². The fraction of sp³-hybridized carbons (Fsp3) is 0.533. The van der Waals surface area contributed by atoms with Crippen LogP contribution in [0.4, 0.5) is 5.69 Å².